The first-order valence-corrected chi connectivity index (χ1v) is 10.3. The van der Waals surface area contributed by atoms with E-state index in [1.807, 2.05) is 30.2 Å². The van der Waals surface area contributed by atoms with Crippen LogP contribution in [0.3, 0.4) is 0 Å². The van der Waals surface area contributed by atoms with E-state index in [2.05, 4.69) is 6.58 Å². The van der Waals surface area contributed by atoms with Crippen LogP contribution in [0.15, 0.2) is 48.4 Å². The summed E-state index contributed by atoms with van der Waals surface area (Å²) >= 11 is 1.68. The van der Waals surface area contributed by atoms with Crippen LogP contribution in [-0.4, -0.2) is 41.2 Å². The molecule has 2 amide bonds. The van der Waals surface area contributed by atoms with Gasteiger partial charge in [0.15, 0.2) is 0 Å². The minimum atomic E-state index is -0.303. The van der Waals surface area contributed by atoms with Crippen LogP contribution in [-0.2, 0) is 16.0 Å². The van der Waals surface area contributed by atoms with E-state index >= 15 is 0 Å². The number of halogens is 1. The Morgan fingerprint density at radius 2 is 2.04 bits per heavy atom. The molecule has 1 aromatic heterocycles. The fraction of sp³-hybridized carbons (Fsp3) is 0.364. The number of benzene rings is 1. The molecule has 2 aromatic rings. The average molecular weight is 401 g/mol. The van der Waals surface area contributed by atoms with Gasteiger partial charge in [-0.15, -0.1) is 17.9 Å². The number of rotatable bonds is 6. The first kappa shape index (κ1) is 20.3. The Morgan fingerprint density at radius 3 is 2.68 bits per heavy atom. The maximum Gasteiger partial charge on any atom is 0.243 e. The van der Waals surface area contributed by atoms with E-state index in [0.717, 1.165) is 17.5 Å². The molecule has 0 saturated carbocycles. The standard InChI is InChI=1S/C22H25FN2O2S/c1-4-11-24(22(27)15(2)3)14-20(26)25-12-9-19-18(10-13-28-19)21(25)16-5-7-17(23)8-6-16/h4-8,10,13,15,21H,1,9,11-12,14H2,2-3H3. The Labute approximate surface area is 169 Å². The van der Waals surface area contributed by atoms with Gasteiger partial charge in [-0.1, -0.05) is 32.1 Å². The van der Waals surface area contributed by atoms with Crippen LogP contribution in [0.25, 0.3) is 0 Å². The molecule has 1 aliphatic rings. The van der Waals surface area contributed by atoms with Crippen molar-refractivity contribution >= 4 is 23.2 Å². The van der Waals surface area contributed by atoms with Crippen molar-refractivity contribution in [3.8, 4) is 0 Å². The van der Waals surface area contributed by atoms with Crippen LogP contribution >= 0.6 is 11.3 Å². The van der Waals surface area contributed by atoms with Crippen LogP contribution < -0.4 is 0 Å². The number of fused-ring (bicyclic) bond motifs is 1. The van der Waals surface area contributed by atoms with Gasteiger partial charge in [0.05, 0.1) is 6.04 Å². The lowest BCUT2D eigenvalue weighted by atomic mass is 9.93. The summed E-state index contributed by atoms with van der Waals surface area (Å²) in [5, 5.41) is 2.03. The van der Waals surface area contributed by atoms with E-state index in [1.54, 1.807) is 34.4 Å². The lowest BCUT2D eigenvalue weighted by Gasteiger charge is -2.37. The summed E-state index contributed by atoms with van der Waals surface area (Å²) in [6.07, 6.45) is 2.42. The van der Waals surface area contributed by atoms with Gasteiger partial charge >= 0.3 is 0 Å². The van der Waals surface area contributed by atoms with Crippen molar-refractivity contribution in [1.29, 1.82) is 0 Å². The first-order valence-electron chi connectivity index (χ1n) is 9.43. The Hall–Kier alpha value is -2.47. The summed E-state index contributed by atoms with van der Waals surface area (Å²) in [6.45, 7) is 8.27. The van der Waals surface area contributed by atoms with Gasteiger partial charge < -0.3 is 9.80 Å². The summed E-state index contributed by atoms with van der Waals surface area (Å²) in [7, 11) is 0. The number of carbonyl (C=O) groups is 2. The maximum atomic E-state index is 13.4. The molecule has 0 aliphatic carbocycles. The second-order valence-electron chi connectivity index (χ2n) is 7.25. The quantitative estimate of drug-likeness (QED) is 0.687. The first-order chi connectivity index (χ1) is 13.4. The van der Waals surface area contributed by atoms with E-state index in [4.69, 9.17) is 0 Å². The third kappa shape index (κ3) is 4.17. The Morgan fingerprint density at radius 1 is 1.32 bits per heavy atom. The molecule has 0 spiro atoms. The van der Waals surface area contributed by atoms with E-state index in [1.165, 1.54) is 17.0 Å². The highest BCUT2D eigenvalue weighted by Crippen LogP contribution is 2.37. The van der Waals surface area contributed by atoms with Gasteiger partial charge in [0.2, 0.25) is 11.8 Å². The van der Waals surface area contributed by atoms with Crippen molar-refractivity contribution in [3.05, 3.63) is 70.2 Å². The van der Waals surface area contributed by atoms with Gasteiger partial charge in [0.1, 0.15) is 12.4 Å². The molecule has 1 aliphatic heterocycles. The number of thiophene rings is 1. The van der Waals surface area contributed by atoms with Gasteiger partial charge in [0, 0.05) is 23.9 Å². The van der Waals surface area contributed by atoms with Gasteiger partial charge in [-0.05, 0) is 41.1 Å². The SMILES string of the molecule is C=CCN(CC(=O)N1CCc2sccc2C1c1ccc(F)cc1)C(=O)C(C)C. The maximum absolute atomic E-state index is 13.4. The topological polar surface area (TPSA) is 40.6 Å². The number of hydrogen-bond acceptors (Lipinski definition) is 3. The van der Waals surface area contributed by atoms with Crippen molar-refractivity contribution in [2.24, 2.45) is 5.92 Å². The Kier molecular flexibility index (Phi) is 6.29. The van der Waals surface area contributed by atoms with Gasteiger partial charge in [-0.25, -0.2) is 4.39 Å². The third-order valence-electron chi connectivity index (χ3n) is 4.95. The molecule has 1 atom stereocenters. The smallest absolute Gasteiger partial charge is 0.243 e. The lowest BCUT2D eigenvalue weighted by Crippen LogP contribution is -2.47. The van der Waals surface area contributed by atoms with Crippen LogP contribution in [0.1, 0.15) is 35.9 Å². The van der Waals surface area contributed by atoms with E-state index in [9.17, 15) is 14.0 Å². The molecule has 28 heavy (non-hydrogen) atoms. The highest BCUT2D eigenvalue weighted by atomic mass is 32.1. The van der Waals surface area contributed by atoms with Crippen molar-refractivity contribution in [2.75, 3.05) is 19.6 Å². The molecular weight excluding hydrogens is 375 g/mol. The molecule has 6 heteroatoms. The molecular formula is C22H25FN2O2S. The zero-order valence-corrected chi connectivity index (χ0v) is 17.0. The van der Waals surface area contributed by atoms with E-state index < -0.39 is 0 Å². The van der Waals surface area contributed by atoms with Crippen molar-refractivity contribution in [1.82, 2.24) is 9.80 Å². The minimum Gasteiger partial charge on any atom is -0.330 e. The molecule has 0 saturated heterocycles. The zero-order valence-electron chi connectivity index (χ0n) is 16.2. The predicted molar refractivity (Wildman–Crippen MR) is 110 cm³/mol. The molecule has 3 rings (SSSR count). The molecule has 2 heterocycles. The van der Waals surface area contributed by atoms with Crippen molar-refractivity contribution in [2.45, 2.75) is 26.3 Å². The molecule has 148 valence electrons. The number of hydrogen-bond donors (Lipinski definition) is 0. The summed E-state index contributed by atoms with van der Waals surface area (Å²) in [6, 6.07) is 8.08. The Bertz CT molecular complexity index is 860. The monoisotopic (exact) mass is 400 g/mol. The second-order valence-corrected chi connectivity index (χ2v) is 8.25. The number of carbonyl (C=O) groups excluding carboxylic acids is 2. The van der Waals surface area contributed by atoms with Gasteiger partial charge in [0.25, 0.3) is 0 Å². The zero-order chi connectivity index (χ0) is 20.3. The fourth-order valence-electron chi connectivity index (χ4n) is 3.60. The molecule has 0 fully saturated rings. The molecule has 0 radical (unpaired) electrons. The molecule has 1 unspecified atom stereocenters. The third-order valence-corrected chi connectivity index (χ3v) is 5.95. The van der Waals surface area contributed by atoms with Crippen LogP contribution in [0.5, 0.6) is 0 Å². The summed E-state index contributed by atoms with van der Waals surface area (Å²) < 4.78 is 13.4. The lowest BCUT2D eigenvalue weighted by molar-refractivity contribution is -0.142. The highest BCUT2D eigenvalue weighted by Gasteiger charge is 2.34. The van der Waals surface area contributed by atoms with Crippen LogP contribution in [0, 0.1) is 11.7 Å². The summed E-state index contributed by atoms with van der Waals surface area (Å²) in [5.74, 6) is -0.671. The van der Waals surface area contributed by atoms with Gasteiger partial charge in [-0.2, -0.15) is 0 Å². The summed E-state index contributed by atoms with van der Waals surface area (Å²) in [4.78, 5) is 30.3. The van der Waals surface area contributed by atoms with Crippen LogP contribution in [0.4, 0.5) is 4.39 Å². The van der Waals surface area contributed by atoms with E-state index in [0.29, 0.717) is 13.1 Å². The Balaban J connectivity index is 1.90. The fourth-order valence-corrected chi connectivity index (χ4v) is 4.50. The average Bonchev–Trinajstić information content (AvgIpc) is 3.15. The minimum absolute atomic E-state index is 0.0141. The number of nitrogens with zero attached hydrogens (tertiary/aromatic N) is 2. The normalized spacial score (nSPS) is 16.0. The molecule has 0 bridgehead atoms. The summed E-state index contributed by atoms with van der Waals surface area (Å²) in [5.41, 5.74) is 1.96. The van der Waals surface area contributed by atoms with Crippen molar-refractivity contribution in [3.63, 3.8) is 0 Å². The molecule has 1 aromatic carbocycles. The van der Waals surface area contributed by atoms with Gasteiger partial charge in [-0.3, -0.25) is 9.59 Å². The van der Waals surface area contributed by atoms with Crippen LogP contribution in [0.2, 0.25) is 0 Å². The molecule has 4 nitrogen and oxygen atoms in total. The second kappa shape index (κ2) is 8.69. The largest absolute Gasteiger partial charge is 0.330 e. The molecule has 0 N–H and O–H groups in total. The highest BCUT2D eigenvalue weighted by molar-refractivity contribution is 7.10. The number of amides is 2. The van der Waals surface area contributed by atoms with Crippen molar-refractivity contribution < 1.29 is 14.0 Å². The predicted octanol–water partition coefficient (Wildman–Crippen LogP) is 4.03. The van der Waals surface area contributed by atoms with E-state index in [-0.39, 0.29) is 36.1 Å².